The van der Waals surface area contributed by atoms with E-state index in [0.29, 0.717) is 32.1 Å². The molecular weight excluding hydrogens is 841 g/mol. The second kappa shape index (κ2) is 24.4. The number of nitrogens with two attached hydrogens (primary N) is 3. The zero-order valence-corrected chi connectivity index (χ0v) is 38.2. The zero-order chi connectivity index (χ0) is 47.6. The molecule has 3 aromatic carbocycles. The van der Waals surface area contributed by atoms with E-state index in [4.69, 9.17) is 21.9 Å². The topological polar surface area (TPSA) is 278 Å². The standard InChI is InChI=1S/C49H66N10O7/c1-4-5-17-43(61)59-49(24-22-34(23-25-49)33-18-20-36(21-19-33)66-31(2)3)47(65)58-40(27-32-12-7-6-8-13-32)46(64)56-39(16-11-26-53-48(51)52)45(63)57-41(44(62)55-30-42(50)60)28-35-29-54-38-15-10-9-14-37(35)38/h6-10,12-15,18-21,29,31,34,39-41,54H,4-5,11,16-17,22-28,30H2,1-3H3,(H2,50,60)(H,55,62)(H,56,64)(H,57,63)(H,58,65)(H,59,61)(H4,51,52,53)/t34?,39-,40+,41-,49?/m0/s1. The van der Waals surface area contributed by atoms with Gasteiger partial charge in [-0.2, -0.15) is 0 Å². The number of hydrogen-bond donors (Lipinski definition) is 9. The van der Waals surface area contributed by atoms with Crippen LogP contribution in [0.2, 0.25) is 0 Å². The molecule has 1 aliphatic rings. The van der Waals surface area contributed by atoms with Crippen molar-refractivity contribution >= 4 is 52.3 Å². The number of guanidine groups is 1. The fraction of sp³-hybridized carbons (Fsp3) is 0.449. The molecule has 0 aliphatic heterocycles. The van der Waals surface area contributed by atoms with Gasteiger partial charge in [0.2, 0.25) is 35.4 Å². The molecule has 3 atom stereocenters. The van der Waals surface area contributed by atoms with Crippen LogP contribution in [0.4, 0.5) is 0 Å². The maximum atomic E-state index is 14.8. The first-order chi connectivity index (χ1) is 31.7. The number of hydrogen-bond acceptors (Lipinski definition) is 8. The van der Waals surface area contributed by atoms with Crippen molar-refractivity contribution in [2.24, 2.45) is 22.2 Å². The first-order valence-electron chi connectivity index (χ1n) is 22.9. The number of aliphatic imine (C=N–C) groups is 1. The Balaban J connectivity index is 1.41. The van der Waals surface area contributed by atoms with Gasteiger partial charge in [-0.1, -0.05) is 74.0 Å². The van der Waals surface area contributed by atoms with Crippen LogP contribution in [-0.4, -0.2) is 89.2 Å². The lowest BCUT2D eigenvalue weighted by Gasteiger charge is -2.40. The number of H-pyrrole nitrogens is 1. The molecule has 17 heteroatoms. The molecule has 6 amide bonds. The van der Waals surface area contributed by atoms with Gasteiger partial charge in [-0.3, -0.25) is 33.8 Å². The van der Waals surface area contributed by atoms with Crippen molar-refractivity contribution in [3.05, 3.63) is 102 Å². The highest BCUT2D eigenvalue weighted by Crippen LogP contribution is 2.39. The summed E-state index contributed by atoms with van der Waals surface area (Å²) in [7, 11) is 0. The lowest BCUT2D eigenvalue weighted by Crippen LogP contribution is -2.64. The number of carbonyl (C=O) groups is 6. The van der Waals surface area contributed by atoms with Gasteiger partial charge in [-0.05, 0) is 99.6 Å². The number of carbonyl (C=O) groups excluding carboxylic acids is 6. The normalized spacial score (nSPS) is 17.1. The predicted molar refractivity (Wildman–Crippen MR) is 254 cm³/mol. The number of aromatic nitrogens is 1. The van der Waals surface area contributed by atoms with Gasteiger partial charge in [0, 0.05) is 42.9 Å². The van der Waals surface area contributed by atoms with Crippen LogP contribution in [0, 0.1) is 0 Å². The number of benzene rings is 3. The van der Waals surface area contributed by atoms with Crippen molar-refractivity contribution in [2.75, 3.05) is 13.1 Å². The third-order valence-electron chi connectivity index (χ3n) is 11.8. The van der Waals surface area contributed by atoms with Gasteiger partial charge in [0.25, 0.3) is 0 Å². The number of unbranched alkanes of at least 4 members (excludes halogenated alkanes) is 1. The van der Waals surface area contributed by atoms with E-state index in [2.05, 4.69) is 36.6 Å². The molecule has 0 spiro atoms. The van der Waals surface area contributed by atoms with Crippen LogP contribution in [0.5, 0.6) is 5.75 Å². The first-order valence-corrected chi connectivity index (χ1v) is 22.9. The first kappa shape index (κ1) is 50.1. The molecule has 5 rings (SSSR count). The second-order valence-electron chi connectivity index (χ2n) is 17.3. The zero-order valence-electron chi connectivity index (χ0n) is 38.2. The van der Waals surface area contributed by atoms with Crippen molar-refractivity contribution in [3.8, 4) is 5.75 Å². The maximum Gasteiger partial charge on any atom is 0.246 e. The number of nitrogens with zero attached hydrogens (tertiary/aromatic N) is 1. The number of primary amides is 1. The van der Waals surface area contributed by atoms with Crippen molar-refractivity contribution in [1.82, 2.24) is 31.6 Å². The van der Waals surface area contributed by atoms with Crippen LogP contribution in [0.15, 0.2) is 90.1 Å². The maximum absolute atomic E-state index is 14.8. The van der Waals surface area contributed by atoms with E-state index >= 15 is 0 Å². The van der Waals surface area contributed by atoms with E-state index in [0.717, 1.165) is 39.8 Å². The SMILES string of the molecule is CCCCC(=O)NC1(C(=O)N[C@H](Cc2ccccc2)C(=O)N[C@@H](CCCN=C(N)N)C(=O)N[C@@H](Cc2c[nH]c3ccccc23)C(=O)NCC(N)=O)CCC(c2ccc(OC(C)C)cc2)CC1. The van der Waals surface area contributed by atoms with Crippen LogP contribution >= 0.6 is 0 Å². The summed E-state index contributed by atoms with van der Waals surface area (Å²) in [5, 5.41) is 15.1. The van der Waals surface area contributed by atoms with E-state index in [1.165, 1.54) is 0 Å². The van der Waals surface area contributed by atoms with E-state index < -0.39 is 59.7 Å². The Labute approximate surface area is 386 Å². The molecule has 1 aromatic heterocycles. The summed E-state index contributed by atoms with van der Waals surface area (Å²) in [6.07, 6.45) is 5.74. The summed E-state index contributed by atoms with van der Waals surface area (Å²) in [5.41, 5.74) is 18.6. The van der Waals surface area contributed by atoms with Gasteiger partial charge in [0.05, 0.1) is 12.6 Å². The van der Waals surface area contributed by atoms with Gasteiger partial charge in [0.1, 0.15) is 29.4 Å². The Kier molecular flexibility index (Phi) is 18.5. The molecule has 1 fully saturated rings. The molecule has 1 heterocycles. The summed E-state index contributed by atoms with van der Waals surface area (Å²) in [4.78, 5) is 89.6. The quantitative estimate of drug-likeness (QED) is 0.0283. The number of aromatic amines is 1. The van der Waals surface area contributed by atoms with Crippen molar-refractivity contribution in [3.63, 3.8) is 0 Å². The Bertz CT molecular complexity index is 2280. The number of rotatable bonds is 24. The number of amides is 6. The molecule has 354 valence electrons. The van der Waals surface area contributed by atoms with E-state index in [-0.39, 0.29) is 62.5 Å². The monoisotopic (exact) mass is 907 g/mol. The smallest absolute Gasteiger partial charge is 0.246 e. The highest BCUT2D eigenvalue weighted by Gasteiger charge is 2.44. The summed E-state index contributed by atoms with van der Waals surface area (Å²) in [5.74, 6) is -2.77. The van der Waals surface area contributed by atoms with Crippen LogP contribution in [-0.2, 0) is 41.6 Å². The second-order valence-corrected chi connectivity index (χ2v) is 17.3. The number of para-hydroxylation sites is 1. The summed E-state index contributed by atoms with van der Waals surface area (Å²) in [6.45, 7) is 5.61. The summed E-state index contributed by atoms with van der Waals surface area (Å²) >= 11 is 0. The summed E-state index contributed by atoms with van der Waals surface area (Å²) in [6, 6.07) is 21.0. The highest BCUT2D eigenvalue weighted by atomic mass is 16.5. The fourth-order valence-corrected chi connectivity index (χ4v) is 8.31. The van der Waals surface area contributed by atoms with E-state index in [1.54, 1.807) is 6.20 Å². The average Bonchev–Trinajstić information content (AvgIpc) is 3.70. The number of ether oxygens (including phenoxy) is 1. The average molecular weight is 907 g/mol. The molecule has 17 nitrogen and oxygen atoms in total. The van der Waals surface area contributed by atoms with Gasteiger partial charge in [-0.25, -0.2) is 0 Å². The number of nitrogens with one attached hydrogen (secondary N) is 6. The van der Waals surface area contributed by atoms with Crippen LogP contribution in [0.25, 0.3) is 10.9 Å². The minimum atomic E-state index is -1.30. The molecule has 4 aromatic rings. The lowest BCUT2D eigenvalue weighted by molar-refractivity contribution is -0.138. The molecule has 0 saturated heterocycles. The number of fused-ring (bicyclic) bond motifs is 1. The van der Waals surface area contributed by atoms with Crippen LogP contribution in [0.1, 0.15) is 101 Å². The minimum Gasteiger partial charge on any atom is -0.491 e. The molecule has 0 radical (unpaired) electrons. The van der Waals surface area contributed by atoms with Gasteiger partial charge in [-0.15, -0.1) is 0 Å². The van der Waals surface area contributed by atoms with Gasteiger partial charge >= 0.3 is 0 Å². The van der Waals surface area contributed by atoms with Crippen molar-refractivity contribution < 1.29 is 33.5 Å². The predicted octanol–water partition coefficient (Wildman–Crippen LogP) is 3.25. The Morgan fingerprint density at radius 3 is 2.11 bits per heavy atom. The Morgan fingerprint density at radius 2 is 1.44 bits per heavy atom. The van der Waals surface area contributed by atoms with Gasteiger partial charge < -0.3 is 53.5 Å². The third-order valence-corrected chi connectivity index (χ3v) is 11.8. The Morgan fingerprint density at radius 1 is 0.788 bits per heavy atom. The van der Waals surface area contributed by atoms with Gasteiger partial charge in [0.15, 0.2) is 5.96 Å². The molecule has 66 heavy (non-hydrogen) atoms. The van der Waals surface area contributed by atoms with Crippen LogP contribution < -0.4 is 48.5 Å². The van der Waals surface area contributed by atoms with Crippen LogP contribution in [0.3, 0.4) is 0 Å². The lowest BCUT2D eigenvalue weighted by atomic mass is 9.73. The highest BCUT2D eigenvalue weighted by molar-refractivity contribution is 5.98. The molecular formula is C49H66N10O7. The largest absolute Gasteiger partial charge is 0.491 e. The fourth-order valence-electron chi connectivity index (χ4n) is 8.31. The molecule has 0 unspecified atom stereocenters. The minimum absolute atomic E-state index is 0.0342. The van der Waals surface area contributed by atoms with E-state index in [1.807, 2.05) is 99.6 Å². The van der Waals surface area contributed by atoms with E-state index in [9.17, 15) is 28.8 Å². The summed E-state index contributed by atoms with van der Waals surface area (Å²) < 4.78 is 5.84. The molecule has 1 aliphatic carbocycles. The van der Waals surface area contributed by atoms with Crippen molar-refractivity contribution in [1.29, 1.82) is 0 Å². The Hall–Kier alpha value is -6.91. The molecule has 0 bridgehead atoms. The third kappa shape index (κ3) is 14.8. The molecule has 12 N–H and O–H groups in total. The van der Waals surface area contributed by atoms with Crippen molar-refractivity contribution in [2.45, 2.75) is 127 Å². The molecule has 1 saturated carbocycles.